The van der Waals surface area contributed by atoms with Crippen LogP contribution in [0.4, 0.5) is 5.69 Å². The molecule has 0 aromatic heterocycles. The van der Waals surface area contributed by atoms with E-state index in [9.17, 15) is 14.7 Å². The predicted molar refractivity (Wildman–Crippen MR) is 96.1 cm³/mol. The van der Waals surface area contributed by atoms with Crippen LogP contribution in [0, 0.1) is 0 Å². The lowest BCUT2D eigenvalue weighted by Gasteiger charge is -2.34. The second-order valence-corrected chi connectivity index (χ2v) is 6.22. The van der Waals surface area contributed by atoms with Crippen LogP contribution in [0.1, 0.15) is 35.2 Å². The maximum atomic E-state index is 12.8. The summed E-state index contributed by atoms with van der Waals surface area (Å²) >= 11 is 0. The zero-order valence-electron chi connectivity index (χ0n) is 14.0. The molecule has 0 radical (unpaired) electrons. The van der Waals surface area contributed by atoms with E-state index in [4.69, 9.17) is 0 Å². The summed E-state index contributed by atoms with van der Waals surface area (Å²) in [7, 11) is 0. The second-order valence-electron chi connectivity index (χ2n) is 6.22. The molecule has 1 fully saturated rings. The molecule has 25 heavy (non-hydrogen) atoms. The van der Waals surface area contributed by atoms with Gasteiger partial charge >= 0.3 is 0 Å². The smallest absolute Gasteiger partial charge is 0.254 e. The Bertz CT molecular complexity index is 746. The Kier molecular flexibility index (Phi) is 5.46. The summed E-state index contributed by atoms with van der Waals surface area (Å²) in [6.45, 7) is 0.508. The van der Waals surface area contributed by atoms with Crippen LogP contribution in [-0.4, -0.2) is 34.4 Å². The number of aliphatic hydroxyl groups excluding tert-OH is 1. The predicted octanol–water partition coefficient (Wildman–Crippen LogP) is 2.81. The second kappa shape index (κ2) is 7.94. The van der Waals surface area contributed by atoms with Crippen molar-refractivity contribution >= 4 is 17.5 Å². The zero-order valence-corrected chi connectivity index (χ0v) is 14.0. The Labute approximate surface area is 147 Å². The third-order valence-corrected chi connectivity index (χ3v) is 4.46. The number of rotatable bonds is 4. The van der Waals surface area contributed by atoms with Gasteiger partial charge in [-0.25, -0.2) is 0 Å². The number of piperidine rings is 1. The van der Waals surface area contributed by atoms with Crippen molar-refractivity contribution in [3.05, 3.63) is 65.7 Å². The SMILES string of the molecule is O=C(Nc1cccc(CO)c1)C1CCCCN1C(=O)c1ccccc1. The van der Waals surface area contributed by atoms with E-state index in [0.29, 0.717) is 24.2 Å². The summed E-state index contributed by atoms with van der Waals surface area (Å²) in [5, 5.41) is 12.1. The molecular formula is C20H22N2O3. The highest BCUT2D eigenvalue weighted by molar-refractivity contribution is 6.01. The zero-order chi connectivity index (χ0) is 17.6. The summed E-state index contributed by atoms with van der Waals surface area (Å²) in [6, 6.07) is 15.7. The Hall–Kier alpha value is -2.66. The molecule has 1 aliphatic rings. The fourth-order valence-electron chi connectivity index (χ4n) is 3.17. The van der Waals surface area contributed by atoms with E-state index >= 15 is 0 Å². The number of amides is 2. The molecule has 2 N–H and O–H groups in total. The monoisotopic (exact) mass is 338 g/mol. The molecule has 5 heteroatoms. The van der Waals surface area contributed by atoms with Crippen LogP contribution >= 0.6 is 0 Å². The maximum Gasteiger partial charge on any atom is 0.254 e. The fourth-order valence-corrected chi connectivity index (χ4v) is 3.17. The lowest BCUT2D eigenvalue weighted by molar-refractivity contribution is -0.121. The summed E-state index contributed by atoms with van der Waals surface area (Å²) in [5.41, 5.74) is 1.97. The fraction of sp³-hybridized carbons (Fsp3) is 0.300. The maximum absolute atomic E-state index is 12.8. The van der Waals surface area contributed by atoms with Crippen LogP contribution in [0.3, 0.4) is 0 Å². The molecule has 5 nitrogen and oxygen atoms in total. The van der Waals surface area contributed by atoms with Gasteiger partial charge in [-0.1, -0.05) is 30.3 Å². The third kappa shape index (κ3) is 4.06. The highest BCUT2D eigenvalue weighted by Crippen LogP contribution is 2.21. The van der Waals surface area contributed by atoms with Gasteiger partial charge in [0.2, 0.25) is 5.91 Å². The summed E-state index contributed by atoms with van der Waals surface area (Å²) in [6.07, 6.45) is 2.49. The number of benzene rings is 2. The lowest BCUT2D eigenvalue weighted by Crippen LogP contribution is -2.50. The summed E-state index contributed by atoms with van der Waals surface area (Å²) in [5.74, 6) is -0.288. The van der Waals surface area contributed by atoms with Crippen molar-refractivity contribution in [2.24, 2.45) is 0 Å². The number of hydrogen-bond donors (Lipinski definition) is 2. The molecule has 3 rings (SSSR count). The van der Waals surface area contributed by atoms with Crippen molar-refractivity contribution < 1.29 is 14.7 Å². The van der Waals surface area contributed by atoms with Gasteiger partial charge in [-0.15, -0.1) is 0 Å². The van der Waals surface area contributed by atoms with Crippen LogP contribution in [0.2, 0.25) is 0 Å². The first kappa shape index (κ1) is 17.2. The van der Waals surface area contributed by atoms with Gasteiger partial charge in [0, 0.05) is 17.8 Å². The summed E-state index contributed by atoms with van der Waals surface area (Å²) in [4.78, 5) is 27.2. The minimum atomic E-state index is -0.473. The number of nitrogens with one attached hydrogen (secondary N) is 1. The molecule has 1 atom stereocenters. The molecular weight excluding hydrogens is 316 g/mol. The highest BCUT2D eigenvalue weighted by Gasteiger charge is 2.32. The Morgan fingerprint density at radius 1 is 1.08 bits per heavy atom. The van der Waals surface area contributed by atoms with E-state index in [1.54, 1.807) is 41.3 Å². The van der Waals surface area contributed by atoms with Crippen LogP contribution in [-0.2, 0) is 11.4 Å². The number of likely N-dealkylation sites (tertiary alicyclic amines) is 1. The van der Waals surface area contributed by atoms with E-state index in [1.165, 1.54) is 0 Å². The Balaban J connectivity index is 1.76. The average Bonchev–Trinajstić information content (AvgIpc) is 2.68. The van der Waals surface area contributed by atoms with Crippen molar-refractivity contribution in [2.45, 2.75) is 31.9 Å². The van der Waals surface area contributed by atoms with Crippen molar-refractivity contribution in [2.75, 3.05) is 11.9 Å². The van der Waals surface area contributed by atoms with Crippen molar-refractivity contribution in [1.82, 2.24) is 4.90 Å². The van der Waals surface area contributed by atoms with Gasteiger partial charge in [0.05, 0.1) is 6.61 Å². The molecule has 2 amide bonds. The number of anilines is 1. The highest BCUT2D eigenvalue weighted by atomic mass is 16.3. The minimum Gasteiger partial charge on any atom is -0.392 e. The van der Waals surface area contributed by atoms with Gasteiger partial charge in [-0.3, -0.25) is 9.59 Å². The van der Waals surface area contributed by atoms with Gasteiger partial charge in [0.1, 0.15) is 6.04 Å². The van der Waals surface area contributed by atoms with E-state index in [0.717, 1.165) is 18.4 Å². The largest absolute Gasteiger partial charge is 0.392 e. The van der Waals surface area contributed by atoms with Crippen LogP contribution in [0.25, 0.3) is 0 Å². The first-order valence-electron chi connectivity index (χ1n) is 8.56. The van der Waals surface area contributed by atoms with Gasteiger partial charge in [0.15, 0.2) is 0 Å². The number of hydrogen-bond acceptors (Lipinski definition) is 3. The van der Waals surface area contributed by atoms with Crippen LogP contribution < -0.4 is 5.32 Å². The standard InChI is InChI=1S/C20H22N2O3/c23-14-15-7-6-10-17(13-15)21-19(24)18-11-4-5-12-22(18)20(25)16-8-2-1-3-9-16/h1-3,6-10,13,18,23H,4-5,11-12,14H2,(H,21,24). The van der Waals surface area contributed by atoms with E-state index < -0.39 is 6.04 Å². The van der Waals surface area contributed by atoms with Crippen LogP contribution in [0.5, 0.6) is 0 Å². The van der Waals surface area contributed by atoms with Crippen molar-refractivity contribution in [3.63, 3.8) is 0 Å². The quantitative estimate of drug-likeness (QED) is 0.901. The van der Waals surface area contributed by atoms with Gasteiger partial charge in [-0.05, 0) is 49.1 Å². The molecule has 0 saturated carbocycles. The summed E-state index contributed by atoms with van der Waals surface area (Å²) < 4.78 is 0. The van der Waals surface area contributed by atoms with E-state index in [2.05, 4.69) is 5.32 Å². The first-order valence-corrected chi connectivity index (χ1v) is 8.56. The topological polar surface area (TPSA) is 69.6 Å². The molecule has 1 aliphatic heterocycles. The number of aliphatic hydroxyl groups is 1. The Morgan fingerprint density at radius 2 is 1.88 bits per heavy atom. The molecule has 1 heterocycles. The molecule has 130 valence electrons. The van der Waals surface area contributed by atoms with Crippen LogP contribution in [0.15, 0.2) is 54.6 Å². The van der Waals surface area contributed by atoms with Crippen molar-refractivity contribution in [1.29, 1.82) is 0 Å². The number of carbonyl (C=O) groups is 2. The molecule has 0 spiro atoms. The van der Waals surface area contributed by atoms with E-state index in [1.807, 2.05) is 18.2 Å². The average molecular weight is 338 g/mol. The van der Waals surface area contributed by atoms with Crippen molar-refractivity contribution in [3.8, 4) is 0 Å². The van der Waals surface area contributed by atoms with E-state index in [-0.39, 0.29) is 18.4 Å². The number of carbonyl (C=O) groups excluding carboxylic acids is 2. The molecule has 1 saturated heterocycles. The van der Waals surface area contributed by atoms with Gasteiger partial charge in [0.25, 0.3) is 5.91 Å². The molecule has 0 bridgehead atoms. The van der Waals surface area contributed by atoms with Gasteiger partial charge in [-0.2, -0.15) is 0 Å². The minimum absolute atomic E-state index is 0.0776. The molecule has 1 unspecified atom stereocenters. The molecule has 2 aromatic rings. The molecule has 0 aliphatic carbocycles. The normalized spacial score (nSPS) is 17.2. The lowest BCUT2D eigenvalue weighted by atomic mass is 9.99. The van der Waals surface area contributed by atoms with Gasteiger partial charge < -0.3 is 15.3 Å². The first-order chi connectivity index (χ1) is 12.2. The number of nitrogens with zero attached hydrogens (tertiary/aromatic N) is 1. The third-order valence-electron chi connectivity index (χ3n) is 4.46. The molecule has 2 aromatic carbocycles. The Morgan fingerprint density at radius 3 is 2.64 bits per heavy atom.